The Kier molecular flexibility index (Phi) is 3.57. The zero-order chi connectivity index (χ0) is 16.7. The summed E-state index contributed by atoms with van der Waals surface area (Å²) in [5.41, 5.74) is 2.87. The number of methoxy groups -OCH3 is 1. The third-order valence-corrected chi connectivity index (χ3v) is 5.31. The molecule has 2 aromatic carbocycles. The van der Waals surface area contributed by atoms with Crippen molar-refractivity contribution >= 4 is 11.6 Å². The minimum atomic E-state index is -0.423. The van der Waals surface area contributed by atoms with Gasteiger partial charge >= 0.3 is 0 Å². The fourth-order valence-electron chi connectivity index (χ4n) is 4.06. The lowest BCUT2D eigenvalue weighted by molar-refractivity contribution is -0.122. The van der Waals surface area contributed by atoms with Crippen LogP contribution < -0.4 is 9.64 Å². The number of amides is 1. The van der Waals surface area contributed by atoms with Gasteiger partial charge in [0.15, 0.2) is 0 Å². The molecule has 0 unspecified atom stereocenters. The van der Waals surface area contributed by atoms with Crippen molar-refractivity contribution in [3.8, 4) is 5.75 Å². The van der Waals surface area contributed by atoms with Crippen LogP contribution in [-0.2, 0) is 16.8 Å². The molecule has 0 N–H and O–H groups in total. The maximum atomic E-state index is 13.4. The second-order valence-electron chi connectivity index (χ2n) is 6.83. The molecule has 0 aliphatic carbocycles. The Labute approximate surface area is 142 Å². The normalized spacial score (nSPS) is 23.1. The van der Waals surface area contributed by atoms with Gasteiger partial charge in [0, 0.05) is 12.2 Å². The lowest BCUT2D eigenvalue weighted by Crippen LogP contribution is -2.41. The first kappa shape index (κ1) is 15.2. The van der Waals surface area contributed by atoms with Gasteiger partial charge in [-0.1, -0.05) is 30.3 Å². The molecule has 2 heterocycles. The van der Waals surface area contributed by atoms with E-state index < -0.39 is 5.41 Å². The molecular weight excluding hydrogens is 300 g/mol. The molecule has 4 heteroatoms. The number of benzene rings is 2. The van der Waals surface area contributed by atoms with Crippen LogP contribution in [0.25, 0.3) is 0 Å². The van der Waals surface area contributed by atoms with Crippen molar-refractivity contribution < 1.29 is 9.53 Å². The summed E-state index contributed by atoms with van der Waals surface area (Å²) in [5.74, 6) is 1.04. The Morgan fingerprint density at radius 2 is 1.96 bits per heavy atom. The summed E-state index contributed by atoms with van der Waals surface area (Å²) in [6.07, 6.45) is 0.869. The van der Waals surface area contributed by atoms with Crippen LogP contribution in [0.15, 0.2) is 48.5 Å². The van der Waals surface area contributed by atoms with Gasteiger partial charge in [-0.3, -0.25) is 4.79 Å². The zero-order valence-corrected chi connectivity index (χ0v) is 14.2. The van der Waals surface area contributed by atoms with Gasteiger partial charge in [0.25, 0.3) is 0 Å². The number of likely N-dealkylation sites (tertiary alicyclic amines) is 1. The van der Waals surface area contributed by atoms with Crippen LogP contribution >= 0.6 is 0 Å². The van der Waals surface area contributed by atoms with Crippen LogP contribution in [-0.4, -0.2) is 38.1 Å². The number of carbonyl (C=O) groups is 1. The fraction of sp³-hybridized carbons (Fsp3) is 0.350. The van der Waals surface area contributed by atoms with Crippen LogP contribution in [0.2, 0.25) is 0 Å². The Balaban J connectivity index is 1.79. The predicted molar refractivity (Wildman–Crippen MR) is 94.4 cm³/mol. The number of ether oxygens (including phenoxy) is 1. The van der Waals surface area contributed by atoms with Crippen LogP contribution in [0.1, 0.15) is 17.5 Å². The van der Waals surface area contributed by atoms with E-state index in [0.717, 1.165) is 42.1 Å². The maximum Gasteiger partial charge on any atom is 0.239 e. The van der Waals surface area contributed by atoms with Crippen molar-refractivity contribution in [2.24, 2.45) is 0 Å². The molecule has 0 radical (unpaired) electrons. The number of rotatable bonds is 3. The van der Waals surface area contributed by atoms with Crippen molar-refractivity contribution in [3.63, 3.8) is 0 Å². The summed E-state index contributed by atoms with van der Waals surface area (Å²) >= 11 is 0. The molecule has 1 amide bonds. The highest BCUT2D eigenvalue weighted by molar-refractivity contribution is 6.08. The van der Waals surface area contributed by atoms with Crippen LogP contribution in [0.3, 0.4) is 0 Å². The Bertz CT molecular complexity index is 774. The molecule has 2 aromatic rings. The van der Waals surface area contributed by atoms with Crippen molar-refractivity contribution in [1.29, 1.82) is 0 Å². The van der Waals surface area contributed by atoms with E-state index in [1.807, 2.05) is 35.2 Å². The Hall–Kier alpha value is -2.33. The van der Waals surface area contributed by atoms with Gasteiger partial charge in [0.2, 0.25) is 5.91 Å². The van der Waals surface area contributed by atoms with E-state index in [-0.39, 0.29) is 5.91 Å². The van der Waals surface area contributed by atoms with Crippen molar-refractivity contribution in [3.05, 3.63) is 59.7 Å². The molecule has 1 atom stereocenters. The summed E-state index contributed by atoms with van der Waals surface area (Å²) in [7, 11) is 3.76. The third kappa shape index (κ3) is 2.21. The van der Waals surface area contributed by atoms with E-state index >= 15 is 0 Å². The van der Waals surface area contributed by atoms with Gasteiger partial charge < -0.3 is 14.5 Å². The maximum absolute atomic E-state index is 13.4. The number of nitrogens with zero attached hydrogens (tertiary/aromatic N) is 2. The summed E-state index contributed by atoms with van der Waals surface area (Å²) in [6.45, 7) is 2.34. The van der Waals surface area contributed by atoms with Crippen molar-refractivity contribution in [2.75, 3.05) is 32.1 Å². The fourth-order valence-corrected chi connectivity index (χ4v) is 4.06. The molecule has 0 aromatic heterocycles. The number of fused-ring (bicyclic) bond motifs is 2. The molecule has 124 valence electrons. The summed E-state index contributed by atoms with van der Waals surface area (Å²) < 4.78 is 5.41. The second-order valence-corrected chi connectivity index (χ2v) is 6.83. The Morgan fingerprint density at radius 1 is 1.17 bits per heavy atom. The lowest BCUT2D eigenvalue weighted by atomic mass is 9.81. The quantitative estimate of drug-likeness (QED) is 0.871. The van der Waals surface area contributed by atoms with E-state index in [0.29, 0.717) is 6.54 Å². The van der Waals surface area contributed by atoms with Crippen LogP contribution in [0, 0.1) is 0 Å². The van der Waals surface area contributed by atoms with E-state index in [4.69, 9.17) is 4.74 Å². The van der Waals surface area contributed by atoms with Gasteiger partial charge in [-0.05, 0) is 49.3 Å². The topological polar surface area (TPSA) is 32.8 Å². The molecule has 2 aliphatic heterocycles. The third-order valence-electron chi connectivity index (χ3n) is 5.31. The SMILES string of the molecule is COc1ccc2c(c1)[C@@]1(CCN(C)C1)C(=O)N2Cc1ccccc1. The molecule has 2 aliphatic rings. The molecule has 1 fully saturated rings. The average Bonchev–Trinajstić information content (AvgIpc) is 3.11. The highest BCUT2D eigenvalue weighted by Gasteiger charge is 2.53. The van der Waals surface area contributed by atoms with Gasteiger partial charge in [-0.25, -0.2) is 0 Å². The summed E-state index contributed by atoms with van der Waals surface area (Å²) in [5, 5.41) is 0. The van der Waals surface area contributed by atoms with E-state index in [9.17, 15) is 4.79 Å². The molecule has 4 nitrogen and oxygen atoms in total. The molecule has 0 saturated carbocycles. The molecule has 0 bridgehead atoms. The van der Waals surface area contributed by atoms with Crippen molar-refractivity contribution in [2.45, 2.75) is 18.4 Å². The highest BCUT2D eigenvalue weighted by atomic mass is 16.5. The van der Waals surface area contributed by atoms with Gasteiger partial charge in [0.1, 0.15) is 5.75 Å². The van der Waals surface area contributed by atoms with E-state index in [1.54, 1.807) is 7.11 Å². The largest absolute Gasteiger partial charge is 0.497 e. The van der Waals surface area contributed by atoms with E-state index in [1.165, 1.54) is 0 Å². The first-order chi connectivity index (χ1) is 11.6. The molecule has 4 rings (SSSR count). The number of hydrogen-bond acceptors (Lipinski definition) is 3. The number of carbonyl (C=O) groups excluding carboxylic acids is 1. The highest BCUT2D eigenvalue weighted by Crippen LogP contribution is 2.48. The summed E-state index contributed by atoms with van der Waals surface area (Å²) in [6, 6.07) is 16.2. The minimum absolute atomic E-state index is 0.221. The standard InChI is InChI=1S/C20H22N2O2/c1-21-11-10-20(14-21)17-12-16(24-2)8-9-18(17)22(19(20)23)13-15-6-4-3-5-7-15/h3-9,12H,10-11,13-14H2,1-2H3/t20-/m0/s1. The van der Waals surface area contributed by atoms with Gasteiger partial charge in [-0.2, -0.15) is 0 Å². The molecular formula is C20H22N2O2. The number of hydrogen-bond donors (Lipinski definition) is 0. The van der Waals surface area contributed by atoms with Gasteiger partial charge in [-0.15, -0.1) is 0 Å². The minimum Gasteiger partial charge on any atom is -0.497 e. The summed E-state index contributed by atoms with van der Waals surface area (Å²) in [4.78, 5) is 17.6. The number of likely N-dealkylation sites (N-methyl/N-ethyl adjacent to an activating group) is 1. The second kappa shape index (κ2) is 5.64. The first-order valence-electron chi connectivity index (χ1n) is 8.37. The molecule has 24 heavy (non-hydrogen) atoms. The van der Waals surface area contributed by atoms with Crippen molar-refractivity contribution in [1.82, 2.24) is 4.90 Å². The lowest BCUT2D eigenvalue weighted by Gasteiger charge is -2.24. The number of anilines is 1. The monoisotopic (exact) mass is 322 g/mol. The first-order valence-corrected chi connectivity index (χ1v) is 8.37. The van der Waals surface area contributed by atoms with Gasteiger partial charge in [0.05, 0.1) is 19.1 Å². The predicted octanol–water partition coefficient (Wildman–Crippen LogP) is 2.82. The van der Waals surface area contributed by atoms with Crippen LogP contribution in [0.5, 0.6) is 5.75 Å². The average molecular weight is 322 g/mol. The zero-order valence-electron chi connectivity index (χ0n) is 14.2. The Morgan fingerprint density at radius 3 is 2.62 bits per heavy atom. The smallest absolute Gasteiger partial charge is 0.239 e. The van der Waals surface area contributed by atoms with Crippen LogP contribution in [0.4, 0.5) is 5.69 Å². The molecule has 1 saturated heterocycles. The molecule has 1 spiro atoms. The van der Waals surface area contributed by atoms with E-state index in [2.05, 4.69) is 30.1 Å².